The summed E-state index contributed by atoms with van der Waals surface area (Å²) in [6.45, 7) is -0.0954. The number of nitro benzene ring substituents is 1. The normalized spacial score (nSPS) is 10.1. The van der Waals surface area contributed by atoms with E-state index in [1.54, 1.807) is 6.07 Å². The number of aromatic nitrogens is 1. The molecule has 0 aliphatic rings. The predicted molar refractivity (Wildman–Crippen MR) is 84.5 cm³/mol. The van der Waals surface area contributed by atoms with E-state index in [9.17, 15) is 14.9 Å². The van der Waals surface area contributed by atoms with Gasteiger partial charge in [-0.05, 0) is 12.1 Å². The van der Waals surface area contributed by atoms with Crippen LogP contribution in [-0.2, 0) is 4.79 Å². The van der Waals surface area contributed by atoms with Crippen LogP contribution in [0.1, 0.15) is 0 Å². The first-order valence-corrected chi connectivity index (χ1v) is 6.80. The molecule has 0 unspecified atom stereocenters. The third-order valence-electron chi connectivity index (χ3n) is 2.58. The molecule has 2 N–H and O–H groups in total. The van der Waals surface area contributed by atoms with Crippen LogP contribution < -0.4 is 10.6 Å². The van der Waals surface area contributed by atoms with E-state index >= 15 is 0 Å². The fourth-order valence-corrected chi connectivity index (χ4v) is 2.02. The number of hydrogen-bond acceptors (Lipinski definition) is 5. The second kappa shape index (κ2) is 7.06. The Morgan fingerprint density at radius 3 is 2.77 bits per heavy atom. The SMILES string of the molecule is O=C(CNc1cccc([N+](=O)[O-])c1)Nc1ncc(Cl)cc1Cl. The van der Waals surface area contributed by atoms with Crippen LogP contribution in [-0.4, -0.2) is 22.4 Å². The van der Waals surface area contributed by atoms with Gasteiger partial charge >= 0.3 is 0 Å². The molecular weight excluding hydrogens is 331 g/mol. The summed E-state index contributed by atoms with van der Waals surface area (Å²) in [5.74, 6) is -0.208. The van der Waals surface area contributed by atoms with Crippen LogP contribution in [0.25, 0.3) is 0 Å². The van der Waals surface area contributed by atoms with E-state index in [4.69, 9.17) is 23.2 Å². The Morgan fingerprint density at radius 2 is 2.09 bits per heavy atom. The van der Waals surface area contributed by atoms with E-state index in [0.29, 0.717) is 10.7 Å². The van der Waals surface area contributed by atoms with Crippen molar-refractivity contribution in [2.45, 2.75) is 0 Å². The number of nitro groups is 1. The smallest absolute Gasteiger partial charge is 0.271 e. The van der Waals surface area contributed by atoms with Crippen molar-refractivity contribution >= 4 is 46.3 Å². The Labute approximate surface area is 135 Å². The largest absolute Gasteiger partial charge is 0.376 e. The lowest BCUT2D eigenvalue weighted by Crippen LogP contribution is -2.22. The van der Waals surface area contributed by atoms with Gasteiger partial charge in [-0.1, -0.05) is 29.3 Å². The second-order valence-electron chi connectivity index (χ2n) is 4.19. The van der Waals surface area contributed by atoms with Crippen molar-refractivity contribution in [2.75, 3.05) is 17.2 Å². The monoisotopic (exact) mass is 340 g/mol. The van der Waals surface area contributed by atoms with Crippen molar-refractivity contribution in [3.8, 4) is 0 Å². The Kier molecular flexibility index (Phi) is 5.13. The molecule has 1 amide bonds. The topological polar surface area (TPSA) is 97.2 Å². The molecule has 2 aromatic rings. The summed E-state index contributed by atoms with van der Waals surface area (Å²) >= 11 is 11.6. The zero-order chi connectivity index (χ0) is 16.1. The molecule has 0 atom stereocenters. The van der Waals surface area contributed by atoms with Crippen LogP contribution in [0.3, 0.4) is 0 Å². The number of benzene rings is 1. The van der Waals surface area contributed by atoms with E-state index in [1.807, 2.05) is 0 Å². The molecule has 1 heterocycles. The van der Waals surface area contributed by atoms with Crippen molar-refractivity contribution in [3.63, 3.8) is 0 Å². The van der Waals surface area contributed by atoms with Crippen molar-refractivity contribution in [1.82, 2.24) is 4.98 Å². The van der Waals surface area contributed by atoms with Gasteiger partial charge in [-0.2, -0.15) is 0 Å². The molecule has 0 bridgehead atoms. The molecule has 0 saturated heterocycles. The molecule has 0 radical (unpaired) electrons. The highest BCUT2D eigenvalue weighted by Gasteiger charge is 2.09. The zero-order valence-electron chi connectivity index (χ0n) is 11.0. The number of halogens is 2. The van der Waals surface area contributed by atoms with Gasteiger partial charge in [-0.15, -0.1) is 0 Å². The molecule has 114 valence electrons. The zero-order valence-corrected chi connectivity index (χ0v) is 12.6. The molecule has 7 nitrogen and oxygen atoms in total. The minimum atomic E-state index is -0.511. The fraction of sp³-hybridized carbons (Fsp3) is 0.0769. The van der Waals surface area contributed by atoms with Crippen LogP contribution >= 0.6 is 23.2 Å². The number of non-ortho nitro benzene ring substituents is 1. The van der Waals surface area contributed by atoms with E-state index < -0.39 is 10.8 Å². The van der Waals surface area contributed by atoms with Crippen LogP contribution in [0.5, 0.6) is 0 Å². The fourth-order valence-electron chi connectivity index (χ4n) is 1.59. The Morgan fingerprint density at radius 1 is 1.32 bits per heavy atom. The van der Waals surface area contributed by atoms with Crippen LogP contribution in [0, 0.1) is 10.1 Å². The first kappa shape index (κ1) is 16.0. The number of anilines is 2. The maximum atomic E-state index is 11.8. The molecule has 0 saturated carbocycles. The number of pyridine rings is 1. The van der Waals surface area contributed by atoms with Gasteiger partial charge in [0.1, 0.15) is 0 Å². The highest BCUT2D eigenvalue weighted by Crippen LogP contribution is 2.22. The predicted octanol–water partition coefficient (Wildman–Crippen LogP) is 3.35. The average molecular weight is 341 g/mol. The van der Waals surface area contributed by atoms with Gasteiger partial charge < -0.3 is 10.6 Å². The standard InChI is InChI=1S/C13H10Cl2N4O3/c14-8-4-11(15)13(17-6-8)18-12(20)7-16-9-2-1-3-10(5-9)19(21)22/h1-6,16H,7H2,(H,17,18,20). The van der Waals surface area contributed by atoms with Crippen LogP contribution in [0.4, 0.5) is 17.2 Å². The number of carbonyl (C=O) groups is 1. The lowest BCUT2D eigenvalue weighted by molar-refractivity contribution is -0.384. The molecule has 22 heavy (non-hydrogen) atoms. The highest BCUT2D eigenvalue weighted by molar-refractivity contribution is 6.36. The molecule has 2 rings (SSSR count). The molecule has 0 spiro atoms. The summed E-state index contributed by atoms with van der Waals surface area (Å²) in [6.07, 6.45) is 1.36. The first-order valence-electron chi connectivity index (χ1n) is 6.05. The maximum absolute atomic E-state index is 11.8. The first-order chi connectivity index (χ1) is 10.5. The maximum Gasteiger partial charge on any atom is 0.271 e. The Balaban J connectivity index is 1.95. The summed E-state index contributed by atoms with van der Waals surface area (Å²) in [4.78, 5) is 25.9. The molecule has 1 aromatic carbocycles. The number of carbonyl (C=O) groups excluding carboxylic acids is 1. The van der Waals surface area contributed by atoms with E-state index in [0.717, 1.165) is 0 Å². The molecule has 0 aliphatic heterocycles. The van der Waals surface area contributed by atoms with Crippen molar-refractivity contribution in [3.05, 3.63) is 56.7 Å². The van der Waals surface area contributed by atoms with Crippen molar-refractivity contribution < 1.29 is 9.72 Å². The lowest BCUT2D eigenvalue weighted by atomic mass is 10.3. The number of nitrogens with zero attached hydrogens (tertiary/aromatic N) is 2. The lowest BCUT2D eigenvalue weighted by Gasteiger charge is -2.08. The number of nitrogens with one attached hydrogen (secondary N) is 2. The third kappa shape index (κ3) is 4.31. The number of amides is 1. The summed E-state index contributed by atoms with van der Waals surface area (Å²) in [5.41, 5.74) is 0.396. The van der Waals surface area contributed by atoms with E-state index in [-0.39, 0.29) is 23.1 Å². The van der Waals surface area contributed by atoms with Crippen LogP contribution in [0.2, 0.25) is 10.0 Å². The molecule has 9 heteroatoms. The molecular formula is C13H10Cl2N4O3. The molecule has 0 fully saturated rings. The van der Waals surface area contributed by atoms with E-state index in [1.165, 1.54) is 30.5 Å². The van der Waals surface area contributed by atoms with E-state index in [2.05, 4.69) is 15.6 Å². The summed E-state index contributed by atoms with van der Waals surface area (Å²) in [6, 6.07) is 7.30. The quantitative estimate of drug-likeness (QED) is 0.642. The van der Waals surface area contributed by atoms with Gasteiger partial charge in [0.2, 0.25) is 5.91 Å². The summed E-state index contributed by atoms with van der Waals surface area (Å²) in [7, 11) is 0. The van der Waals surface area contributed by atoms with Gasteiger partial charge in [-0.3, -0.25) is 14.9 Å². The minimum absolute atomic E-state index is 0.0622. The van der Waals surface area contributed by atoms with Crippen molar-refractivity contribution in [1.29, 1.82) is 0 Å². The van der Waals surface area contributed by atoms with Gasteiger partial charge in [-0.25, -0.2) is 4.98 Å². The molecule has 1 aromatic heterocycles. The van der Waals surface area contributed by atoms with Crippen LogP contribution in [0.15, 0.2) is 36.5 Å². The third-order valence-corrected chi connectivity index (χ3v) is 3.07. The second-order valence-corrected chi connectivity index (χ2v) is 5.04. The van der Waals surface area contributed by atoms with Gasteiger partial charge in [0, 0.05) is 24.0 Å². The number of hydrogen-bond donors (Lipinski definition) is 2. The van der Waals surface area contributed by atoms with Crippen molar-refractivity contribution in [2.24, 2.45) is 0 Å². The van der Waals surface area contributed by atoms with Gasteiger partial charge in [0.05, 0.1) is 21.5 Å². The van der Waals surface area contributed by atoms with Gasteiger partial charge in [0.15, 0.2) is 5.82 Å². The summed E-state index contributed by atoms with van der Waals surface area (Å²) in [5, 5.41) is 16.5. The highest BCUT2D eigenvalue weighted by atomic mass is 35.5. The summed E-state index contributed by atoms with van der Waals surface area (Å²) < 4.78 is 0. The Bertz CT molecular complexity index is 724. The average Bonchev–Trinajstić information content (AvgIpc) is 2.48. The number of rotatable bonds is 5. The Hall–Kier alpha value is -2.38. The van der Waals surface area contributed by atoms with Gasteiger partial charge in [0.25, 0.3) is 5.69 Å². The molecule has 0 aliphatic carbocycles. The minimum Gasteiger partial charge on any atom is -0.376 e.